The van der Waals surface area contributed by atoms with Crippen molar-refractivity contribution in [3.8, 4) is 0 Å². The number of anilines is 1. The van der Waals surface area contributed by atoms with Crippen LogP contribution in [0.5, 0.6) is 0 Å². The number of carboxylic acids is 1. The van der Waals surface area contributed by atoms with Gasteiger partial charge in [-0.3, -0.25) is 0 Å². The molecule has 0 bridgehead atoms. The third-order valence-electron chi connectivity index (χ3n) is 4.14. The van der Waals surface area contributed by atoms with Crippen LogP contribution in [0.15, 0.2) is 59.6 Å². The fourth-order valence-electron chi connectivity index (χ4n) is 2.77. The number of carbonyl (C=O) groups is 1. The summed E-state index contributed by atoms with van der Waals surface area (Å²) in [7, 11) is -3.78. The van der Waals surface area contributed by atoms with Crippen LogP contribution in [0.1, 0.15) is 5.56 Å². The van der Waals surface area contributed by atoms with E-state index < -0.39 is 22.0 Å². The van der Waals surface area contributed by atoms with E-state index in [1.54, 1.807) is 6.20 Å². The van der Waals surface area contributed by atoms with Gasteiger partial charge < -0.3 is 20.7 Å². The lowest BCUT2D eigenvalue weighted by molar-refractivity contribution is -0.139. The maximum Gasteiger partial charge on any atom is 0.326 e. The van der Waals surface area contributed by atoms with E-state index in [1.807, 2.05) is 24.3 Å². The molecule has 3 aromatic rings. The SMILES string of the molecule is NS(=O)(=O)c1ccc(NC(=S)N[C@H](Cc2c[nH]c3ccccc23)C(=O)O)cc1. The Morgan fingerprint density at radius 3 is 2.50 bits per heavy atom. The van der Waals surface area contributed by atoms with Crippen LogP contribution in [0.25, 0.3) is 10.9 Å². The normalized spacial score (nSPS) is 12.5. The summed E-state index contributed by atoms with van der Waals surface area (Å²) >= 11 is 5.19. The van der Waals surface area contributed by atoms with E-state index in [0.717, 1.165) is 16.5 Å². The number of hydrogen-bond acceptors (Lipinski definition) is 4. The zero-order valence-corrected chi connectivity index (χ0v) is 16.2. The highest BCUT2D eigenvalue weighted by molar-refractivity contribution is 7.89. The fourth-order valence-corrected chi connectivity index (χ4v) is 3.55. The molecule has 0 spiro atoms. The van der Waals surface area contributed by atoms with Crippen LogP contribution < -0.4 is 15.8 Å². The van der Waals surface area contributed by atoms with Gasteiger partial charge in [0.15, 0.2) is 5.11 Å². The molecule has 28 heavy (non-hydrogen) atoms. The smallest absolute Gasteiger partial charge is 0.326 e. The van der Waals surface area contributed by atoms with Gasteiger partial charge in [-0.05, 0) is 48.1 Å². The van der Waals surface area contributed by atoms with Gasteiger partial charge in [-0.15, -0.1) is 0 Å². The van der Waals surface area contributed by atoms with Crippen LogP contribution in [-0.2, 0) is 21.2 Å². The van der Waals surface area contributed by atoms with Gasteiger partial charge in [0, 0.05) is 29.2 Å². The van der Waals surface area contributed by atoms with Crippen molar-refractivity contribution in [2.75, 3.05) is 5.32 Å². The van der Waals surface area contributed by atoms with Gasteiger partial charge in [0.2, 0.25) is 10.0 Å². The first-order valence-corrected chi connectivity index (χ1v) is 10.2. The number of aliphatic carboxylic acids is 1. The highest BCUT2D eigenvalue weighted by Crippen LogP contribution is 2.19. The topological polar surface area (TPSA) is 137 Å². The summed E-state index contributed by atoms with van der Waals surface area (Å²) in [5.41, 5.74) is 2.29. The average molecular weight is 419 g/mol. The van der Waals surface area contributed by atoms with Crippen molar-refractivity contribution >= 4 is 49.9 Å². The van der Waals surface area contributed by atoms with Crippen LogP contribution in [-0.4, -0.2) is 35.6 Å². The molecular formula is C18H18N4O4S2. The molecule has 0 radical (unpaired) electrons. The summed E-state index contributed by atoms with van der Waals surface area (Å²) in [6.45, 7) is 0. The predicted molar refractivity (Wildman–Crippen MR) is 111 cm³/mol. The second-order valence-corrected chi connectivity index (χ2v) is 8.09. The molecule has 8 nitrogen and oxygen atoms in total. The second-order valence-electron chi connectivity index (χ2n) is 6.12. The van der Waals surface area contributed by atoms with Gasteiger partial charge in [0.25, 0.3) is 0 Å². The lowest BCUT2D eigenvalue weighted by Crippen LogP contribution is -2.44. The predicted octanol–water partition coefficient (Wildman–Crippen LogP) is 1.80. The van der Waals surface area contributed by atoms with E-state index in [-0.39, 0.29) is 16.4 Å². The first-order chi connectivity index (χ1) is 13.2. The minimum atomic E-state index is -3.78. The van der Waals surface area contributed by atoms with Crippen LogP contribution >= 0.6 is 12.2 Å². The first kappa shape index (κ1) is 19.8. The molecule has 0 saturated carbocycles. The zero-order valence-electron chi connectivity index (χ0n) is 14.5. The Morgan fingerprint density at radius 1 is 1.18 bits per heavy atom. The van der Waals surface area contributed by atoms with Crippen molar-refractivity contribution in [1.82, 2.24) is 10.3 Å². The maximum atomic E-state index is 11.7. The molecule has 1 atom stereocenters. The first-order valence-electron chi connectivity index (χ1n) is 8.22. The molecule has 10 heteroatoms. The molecule has 2 aromatic carbocycles. The monoisotopic (exact) mass is 418 g/mol. The van der Waals surface area contributed by atoms with Gasteiger partial charge >= 0.3 is 5.97 Å². The summed E-state index contributed by atoms with van der Waals surface area (Å²) in [6, 6.07) is 12.3. The van der Waals surface area contributed by atoms with E-state index in [0.29, 0.717) is 5.69 Å². The Kier molecular flexibility index (Phi) is 5.63. The van der Waals surface area contributed by atoms with E-state index in [4.69, 9.17) is 17.4 Å². The van der Waals surface area contributed by atoms with Crippen molar-refractivity contribution in [3.05, 3.63) is 60.3 Å². The molecule has 0 amide bonds. The highest BCUT2D eigenvalue weighted by atomic mass is 32.2. The number of aromatic amines is 1. The minimum absolute atomic E-state index is 0.0281. The molecule has 146 valence electrons. The number of carboxylic acid groups (broad SMARTS) is 1. The Bertz CT molecular complexity index is 1120. The highest BCUT2D eigenvalue weighted by Gasteiger charge is 2.20. The summed E-state index contributed by atoms with van der Waals surface area (Å²) in [5.74, 6) is -1.04. The van der Waals surface area contributed by atoms with E-state index >= 15 is 0 Å². The summed E-state index contributed by atoms with van der Waals surface area (Å²) in [6.07, 6.45) is 2.01. The molecule has 0 saturated heterocycles. The number of para-hydroxylation sites is 1. The third-order valence-corrected chi connectivity index (χ3v) is 5.29. The number of H-pyrrole nitrogens is 1. The number of nitrogens with one attached hydrogen (secondary N) is 3. The van der Waals surface area contributed by atoms with E-state index in [1.165, 1.54) is 24.3 Å². The number of aromatic nitrogens is 1. The molecule has 6 N–H and O–H groups in total. The molecule has 0 aliphatic heterocycles. The summed E-state index contributed by atoms with van der Waals surface area (Å²) in [5, 5.41) is 21.3. The molecule has 1 heterocycles. The molecular weight excluding hydrogens is 400 g/mol. The third kappa shape index (κ3) is 4.66. The van der Waals surface area contributed by atoms with Crippen LogP contribution in [0.2, 0.25) is 0 Å². The van der Waals surface area contributed by atoms with Crippen molar-refractivity contribution < 1.29 is 18.3 Å². The average Bonchev–Trinajstić information content (AvgIpc) is 3.04. The van der Waals surface area contributed by atoms with Gasteiger partial charge in [-0.25, -0.2) is 18.4 Å². The summed E-state index contributed by atoms with van der Waals surface area (Å²) in [4.78, 5) is 14.8. The molecule has 3 rings (SSSR count). The van der Waals surface area contributed by atoms with Gasteiger partial charge in [-0.2, -0.15) is 0 Å². The van der Waals surface area contributed by atoms with Gasteiger partial charge in [0.1, 0.15) is 6.04 Å². The number of fused-ring (bicyclic) bond motifs is 1. The van der Waals surface area contributed by atoms with Crippen LogP contribution in [0, 0.1) is 0 Å². The molecule has 0 aliphatic rings. The Labute approximate surface area is 166 Å². The Hall–Kier alpha value is -2.95. The van der Waals surface area contributed by atoms with Gasteiger partial charge in [-0.1, -0.05) is 18.2 Å². The second kappa shape index (κ2) is 7.97. The number of hydrogen-bond donors (Lipinski definition) is 5. The fraction of sp³-hybridized carbons (Fsp3) is 0.111. The van der Waals surface area contributed by atoms with Crippen molar-refractivity contribution in [2.24, 2.45) is 5.14 Å². The number of sulfonamides is 1. The van der Waals surface area contributed by atoms with Crippen molar-refractivity contribution in [3.63, 3.8) is 0 Å². The van der Waals surface area contributed by atoms with E-state index in [9.17, 15) is 18.3 Å². The van der Waals surface area contributed by atoms with E-state index in [2.05, 4.69) is 15.6 Å². The van der Waals surface area contributed by atoms with Crippen LogP contribution in [0.3, 0.4) is 0 Å². The van der Waals surface area contributed by atoms with Crippen LogP contribution in [0.4, 0.5) is 5.69 Å². The number of primary sulfonamides is 1. The van der Waals surface area contributed by atoms with Gasteiger partial charge in [0.05, 0.1) is 4.90 Å². The lowest BCUT2D eigenvalue weighted by Gasteiger charge is -2.17. The number of nitrogens with two attached hydrogens (primary N) is 1. The largest absolute Gasteiger partial charge is 0.480 e. The zero-order chi connectivity index (χ0) is 20.3. The number of rotatable bonds is 6. The van der Waals surface area contributed by atoms with Crippen molar-refractivity contribution in [2.45, 2.75) is 17.4 Å². The Morgan fingerprint density at radius 2 is 1.86 bits per heavy atom. The number of thiocarbonyl (C=S) groups is 1. The Balaban J connectivity index is 1.68. The molecule has 0 unspecified atom stereocenters. The maximum absolute atomic E-state index is 11.7. The van der Waals surface area contributed by atoms with Crippen molar-refractivity contribution in [1.29, 1.82) is 0 Å². The standard InChI is InChI=1S/C18H18N4O4S2/c19-28(25,26)13-7-5-12(6-8-13)21-18(27)22-16(17(23)24)9-11-10-20-15-4-2-1-3-14(11)15/h1-8,10,16,20H,9H2,(H,23,24)(H2,19,25,26)(H2,21,22,27)/t16-/m1/s1. The molecule has 1 aromatic heterocycles. The minimum Gasteiger partial charge on any atom is -0.480 e. The lowest BCUT2D eigenvalue weighted by atomic mass is 10.1. The summed E-state index contributed by atoms with van der Waals surface area (Å²) < 4.78 is 22.6. The molecule has 0 aliphatic carbocycles. The molecule has 0 fully saturated rings. The quantitative estimate of drug-likeness (QED) is 0.385. The number of benzene rings is 2.